The molecule has 2 saturated heterocycles. The number of carbonyl (C=O) groups is 7. The molecule has 24 nitrogen and oxygen atoms in total. The highest BCUT2D eigenvalue weighted by Gasteiger charge is 2.76. The first kappa shape index (κ1) is 60.1. The molecule has 6 aliphatic rings. The Balaban J connectivity index is 0.809. The third-order valence-corrected chi connectivity index (χ3v) is 18.1. The van der Waals surface area contributed by atoms with Crippen molar-refractivity contribution in [3.8, 4) is 5.75 Å². The van der Waals surface area contributed by atoms with E-state index in [0.717, 1.165) is 17.6 Å². The summed E-state index contributed by atoms with van der Waals surface area (Å²) in [7, 11) is 0. The molecule has 82 heavy (non-hydrogen) atoms. The highest BCUT2D eigenvalue weighted by Crippen LogP contribution is 2.70. The number of anilines is 2. The van der Waals surface area contributed by atoms with Gasteiger partial charge in [-0.15, -0.1) is 11.3 Å². The quantitative estimate of drug-likeness (QED) is 0.0682. The van der Waals surface area contributed by atoms with Crippen LogP contribution in [-0.2, 0) is 60.7 Å². The fourth-order valence-corrected chi connectivity index (χ4v) is 14.1. The van der Waals surface area contributed by atoms with Crippen molar-refractivity contribution in [2.75, 3.05) is 30.3 Å². The Kier molecular flexibility index (Phi) is 18.1. The third kappa shape index (κ3) is 12.0. The maximum absolute atomic E-state index is 14.0. The summed E-state index contributed by atoms with van der Waals surface area (Å²) in [5, 5.41) is 75.9. The summed E-state index contributed by atoms with van der Waals surface area (Å²) in [6, 6.07) is 10.7. The van der Waals surface area contributed by atoms with Crippen LogP contribution in [0.5, 0.6) is 5.75 Å². The summed E-state index contributed by atoms with van der Waals surface area (Å²) >= 11 is 1.29. The first-order valence-corrected chi connectivity index (χ1v) is 28.3. The molecule has 9 rings (SSSR count). The average molecular weight is 1160 g/mol. The van der Waals surface area contributed by atoms with Crippen LogP contribution in [0, 0.1) is 28.6 Å². The molecule has 3 saturated carbocycles. The van der Waals surface area contributed by atoms with Crippen molar-refractivity contribution in [2.45, 2.75) is 146 Å². The molecule has 0 spiro atoms. The largest absolute Gasteiger partial charge is 0.479 e. The van der Waals surface area contributed by atoms with Crippen LogP contribution in [0.2, 0.25) is 0 Å². The fourth-order valence-electron chi connectivity index (χ4n) is 13.3. The molecule has 2 aromatic carbocycles. The van der Waals surface area contributed by atoms with Crippen LogP contribution >= 0.6 is 11.3 Å². The first-order chi connectivity index (χ1) is 39.1. The molecule has 442 valence electrons. The summed E-state index contributed by atoms with van der Waals surface area (Å²) < 4.78 is 29.9. The number of benzene rings is 2. The Labute approximate surface area is 475 Å². The van der Waals surface area contributed by atoms with Crippen molar-refractivity contribution in [1.29, 1.82) is 0 Å². The van der Waals surface area contributed by atoms with E-state index in [1.54, 1.807) is 17.5 Å². The summed E-state index contributed by atoms with van der Waals surface area (Å²) in [5.41, 5.74) is 5.51. The van der Waals surface area contributed by atoms with Gasteiger partial charge in [-0.05, 0) is 98.7 Å². The number of allylic oxidation sites excluding steroid dienone is 4. The molecule has 4 amide bonds. The van der Waals surface area contributed by atoms with Crippen molar-refractivity contribution in [2.24, 2.45) is 34.3 Å². The number of amides is 4. The topological polar surface area (TPSA) is 374 Å². The molecule has 4 aliphatic carbocycles. The van der Waals surface area contributed by atoms with E-state index in [-0.39, 0.29) is 66.8 Å². The van der Waals surface area contributed by atoms with Crippen molar-refractivity contribution in [1.82, 2.24) is 15.6 Å². The maximum Gasteiger partial charge on any atom is 0.413 e. The highest BCUT2D eigenvalue weighted by molar-refractivity contribution is 7.10. The predicted molar refractivity (Wildman–Crippen MR) is 290 cm³/mol. The lowest BCUT2D eigenvalue weighted by Gasteiger charge is -2.59. The zero-order chi connectivity index (χ0) is 58.8. The van der Waals surface area contributed by atoms with Crippen LogP contribution < -0.4 is 31.7 Å². The minimum Gasteiger partial charge on any atom is -0.479 e. The monoisotopic (exact) mass is 1160 g/mol. The van der Waals surface area contributed by atoms with Gasteiger partial charge in [0, 0.05) is 54.0 Å². The van der Waals surface area contributed by atoms with E-state index in [1.165, 1.54) is 36.5 Å². The van der Waals surface area contributed by atoms with Crippen LogP contribution in [0.4, 0.5) is 16.3 Å². The van der Waals surface area contributed by atoms with Gasteiger partial charge < -0.3 is 76.0 Å². The number of carboxylic acid groups (broad SMARTS) is 1. The molecule has 15 atom stereocenters. The van der Waals surface area contributed by atoms with Crippen molar-refractivity contribution in [3.05, 3.63) is 93.3 Å². The van der Waals surface area contributed by atoms with E-state index in [2.05, 4.69) is 33.2 Å². The molecule has 0 unspecified atom stereocenters. The zero-order valence-electron chi connectivity index (χ0n) is 45.5. The number of carboxylic acids is 1. The number of aliphatic carboxylic acids is 1. The molecule has 0 bridgehead atoms. The maximum atomic E-state index is 14.0. The number of carbonyl (C=O) groups excluding carboxylic acids is 6. The van der Waals surface area contributed by atoms with E-state index >= 15 is 0 Å². The Hall–Kier alpha value is -6.52. The fraction of sp³-hybridized carbons (Fsp3) is 0.544. The number of unbranched alkanes of at least 4 members (excludes halogenated alkanes) is 1. The number of rotatable bonds is 21. The highest BCUT2D eigenvalue weighted by atomic mass is 32.1. The standard InChI is InChI=1S/C57H70N6O18S/c1-28(65)60-36(6-4-5-18-58)50(73)59-19-16-43(69)61-37-20-30(9-14-39(37)78-53-48(72)46(70)47(71)49(80-53)51(74)75)26-77-54(76)63-42-27-82-44(62-42)21-29-7-10-31(11-8-29)52-79-41-23-35-34-13-12-32-22-33(66)15-17-55(32,2)45(34)38(67)24-56(35,3)57(41,81-52)40(68)25-64/h7-11,14-15,17,20,22,27,34-36,38,41,45-49,52-53,64,67,70-72H,4-6,12-13,16,18-19,21,23-26,58H2,1-3H3,(H,59,73)(H,60,65)(H,61,69)(H,63,76)(H,74,75)/t34-,35-,36-,38-,41+,45+,46-,47-,48+,49-,52+,53+,55-,56-,57+/m0/s1. The number of Topliss-reactive ketones (excluding diaryl/α,β-unsaturated/α-hetero) is 1. The van der Waals surface area contributed by atoms with Crippen LogP contribution in [0.25, 0.3) is 0 Å². The van der Waals surface area contributed by atoms with Gasteiger partial charge in [-0.2, -0.15) is 0 Å². The van der Waals surface area contributed by atoms with Gasteiger partial charge in [0.05, 0.1) is 22.9 Å². The Morgan fingerprint density at radius 1 is 0.963 bits per heavy atom. The van der Waals surface area contributed by atoms with Gasteiger partial charge in [-0.3, -0.25) is 29.3 Å². The summed E-state index contributed by atoms with van der Waals surface area (Å²) in [6.45, 7) is 4.49. The van der Waals surface area contributed by atoms with Crippen molar-refractivity contribution in [3.63, 3.8) is 0 Å². The van der Waals surface area contributed by atoms with Gasteiger partial charge in [-0.1, -0.05) is 55.8 Å². The lowest BCUT2D eigenvalue weighted by atomic mass is 9.46. The molecule has 0 radical (unpaired) electrons. The molecule has 25 heteroatoms. The van der Waals surface area contributed by atoms with Crippen LogP contribution in [0.1, 0.15) is 100 Å². The van der Waals surface area contributed by atoms with Gasteiger partial charge in [0.2, 0.25) is 24.0 Å². The molecule has 1 aromatic heterocycles. The lowest BCUT2D eigenvalue weighted by molar-refractivity contribution is -0.271. The Morgan fingerprint density at radius 2 is 1.72 bits per heavy atom. The van der Waals surface area contributed by atoms with Gasteiger partial charge in [0.25, 0.3) is 0 Å². The smallest absolute Gasteiger partial charge is 0.413 e. The normalized spacial score (nSPS) is 31.9. The number of thiazole rings is 1. The third-order valence-electron chi connectivity index (χ3n) is 17.2. The second-order valence-corrected chi connectivity index (χ2v) is 23.3. The minimum absolute atomic E-state index is 0.0231. The molecule has 2 aliphatic heterocycles. The van der Waals surface area contributed by atoms with Crippen molar-refractivity contribution < 1.29 is 87.9 Å². The van der Waals surface area contributed by atoms with E-state index in [9.17, 15) is 64.2 Å². The summed E-state index contributed by atoms with van der Waals surface area (Å²) in [5.74, 6) is -3.93. The minimum atomic E-state index is -1.99. The average Bonchev–Trinajstić information content (AvgIpc) is 1.57. The second-order valence-electron chi connectivity index (χ2n) is 22.4. The van der Waals surface area contributed by atoms with Crippen LogP contribution in [-0.4, -0.2) is 151 Å². The SMILES string of the molecule is CC(=O)N[C@@H](CCCCN)C(=O)NCCC(=O)Nc1cc(COC(=O)Nc2csc(Cc3ccc([C@@H]4O[C@@H]5C[C@H]6[C@@H]7CCC8=CC(=O)C=C[C@]8(C)[C@H]7[C@@H](O)C[C@]6(C)[C@]5(C(=O)CO)O4)cc3)n2)ccc1O[C@@H]1O[C@H](C(=O)O)[C@@H](O)[C@H](O)[C@H]1O. The van der Waals surface area contributed by atoms with E-state index in [0.29, 0.717) is 61.2 Å². The molecule has 12 N–H and O–H groups in total. The predicted octanol–water partition coefficient (Wildman–Crippen LogP) is 2.43. The molecular weight excluding hydrogens is 1090 g/mol. The van der Waals surface area contributed by atoms with E-state index < -0.39 is 114 Å². The van der Waals surface area contributed by atoms with Crippen LogP contribution in [0.3, 0.4) is 0 Å². The van der Waals surface area contributed by atoms with Crippen molar-refractivity contribution >= 4 is 64.2 Å². The molecule has 3 aromatic rings. The van der Waals surface area contributed by atoms with Gasteiger partial charge in [-0.25, -0.2) is 14.6 Å². The molecule has 5 fully saturated rings. The van der Waals surface area contributed by atoms with Gasteiger partial charge in [0.15, 0.2) is 29.6 Å². The summed E-state index contributed by atoms with van der Waals surface area (Å²) in [4.78, 5) is 93.7. The van der Waals surface area contributed by atoms with Gasteiger partial charge >= 0.3 is 12.1 Å². The number of ether oxygens (including phenoxy) is 5. The number of aliphatic hydroxyl groups is 5. The van der Waals surface area contributed by atoms with E-state index in [4.69, 9.17) is 29.4 Å². The summed E-state index contributed by atoms with van der Waals surface area (Å²) in [6.07, 6.45) is -3.94. The zero-order valence-corrected chi connectivity index (χ0v) is 46.3. The molecule has 3 heterocycles. The number of aromatic nitrogens is 1. The number of nitrogens with one attached hydrogen (secondary N) is 4. The van der Waals surface area contributed by atoms with Crippen LogP contribution in [0.15, 0.2) is 71.6 Å². The number of aliphatic hydroxyl groups excluding tert-OH is 5. The first-order valence-electron chi connectivity index (χ1n) is 27.4. The number of hydrogen-bond acceptors (Lipinski definition) is 20. The lowest BCUT2D eigenvalue weighted by Crippen LogP contribution is -2.63. The molecular formula is C57H70N6O18S. The van der Waals surface area contributed by atoms with E-state index in [1.807, 2.05) is 37.3 Å². The number of hydrogen-bond donors (Lipinski definition) is 11. The Bertz CT molecular complexity index is 2990. The number of ketones is 2. The number of fused-ring (bicyclic) bond motifs is 7. The van der Waals surface area contributed by atoms with Gasteiger partial charge in [0.1, 0.15) is 49.1 Å². The number of nitrogens with two attached hydrogens (primary N) is 1. The Morgan fingerprint density at radius 3 is 2.44 bits per heavy atom. The second kappa shape index (κ2) is 24.7. The number of nitrogens with zero attached hydrogens (tertiary/aromatic N) is 1.